The van der Waals surface area contributed by atoms with E-state index >= 15 is 0 Å². The van der Waals surface area contributed by atoms with Gasteiger partial charge in [0.25, 0.3) is 0 Å². The lowest BCUT2D eigenvalue weighted by Crippen LogP contribution is -2.24. The highest BCUT2D eigenvalue weighted by molar-refractivity contribution is 7.92. The maximum Gasteiger partial charge on any atom is 0.236 e. The summed E-state index contributed by atoms with van der Waals surface area (Å²) >= 11 is 0. The Morgan fingerprint density at radius 3 is 2.84 bits per heavy atom. The maximum absolute atomic E-state index is 11.6. The molecule has 0 N–H and O–H groups in total. The molecule has 0 radical (unpaired) electrons. The van der Waals surface area contributed by atoms with Crippen LogP contribution in [-0.2, 0) is 23.1 Å². The lowest BCUT2D eigenvalue weighted by Gasteiger charge is -2.11. The molecule has 2 heterocycles. The number of hydrogen-bond donors (Lipinski definition) is 0. The van der Waals surface area contributed by atoms with Crippen molar-refractivity contribution in [2.24, 2.45) is 0 Å². The van der Waals surface area contributed by atoms with E-state index in [1.54, 1.807) is 10.8 Å². The predicted octanol–water partition coefficient (Wildman–Crippen LogP) is 1.52. The van der Waals surface area contributed by atoms with E-state index < -0.39 is 10.0 Å². The molecule has 0 aliphatic carbocycles. The van der Waals surface area contributed by atoms with Gasteiger partial charge in [-0.05, 0) is 6.42 Å². The first kappa shape index (κ1) is 14.2. The monoisotopic (exact) mass is 284 g/mol. The van der Waals surface area contributed by atoms with Crippen molar-refractivity contribution < 1.29 is 8.42 Å². The fourth-order valence-corrected chi connectivity index (χ4v) is 3.14. The fourth-order valence-electron chi connectivity index (χ4n) is 2.03. The SMILES string of the molecule is CCCCCCn1cc(CN2CC=CS2(=O)=O)nn1. The van der Waals surface area contributed by atoms with Gasteiger partial charge in [0.05, 0.1) is 12.2 Å². The number of nitrogens with zero attached hydrogens (tertiary/aromatic N) is 4. The van der Waals surface area contributed by atoms with Gasteiger partial charge in [-0.15, -0.1) is 5.10 Å². The molecule has 0 amide bonds. The molecule has 0 aromatic carbocycles. The largest absolute Gasteiger partial charge is 0.252 e. The minimum absolute atomic E-state index is 0.296. The molecule has 0 saturated carbocycles. The van der Waals surface area contributed by atoms with Crippen molar-refractivity contribution in [1.82, 2.24) is 19.3 Å². The molecule has 0 fully saturated rings. The minimum Gasteiger partial charge on any atom is -0.252 e. The molecule has 2 rings (SSSR count). The average Bonchev–Trinajstić information content (AvgIpc) is 2.93. The van der Waals surface area contributed by atoms with E-state index in [1.807, 2.05) is 6.20 Å². The van der Waals surface area contributed by atoms with Crippen LogP contribution in [0.2, 0.25) is 0 Å². The molecule has 1 aromatic heterocycles. The number of aromatic nitrogens is 3. The topological polar surface area (TPSA) is 68.1 Å². The molecule has 7 heteroatoms. The van der Waals surface area contributed by atoms with E-state index in [0.29, 0.717) is 18.8 Å². The van der Waals surface area contributed by atoms with E-state index in [2.05, 4.69) is 17.2 Å². The highest BCUT2D eigenvalue weighted by Gasteiger charge is 2.23. The Morgan fingerprint density at radius 2 is 2.16 bits per heavy atom. The number of rotatable bonds is 7. The summed E-state index contributed by atoms with van der Waals surface area (Å²) in [5, 5.41) is 9.29. The Bertz CT molecular complexity index is 536. The zero-order valence-electron chi connectivity index (χ0n) is 11.2. The van der Waals surface area contributed by atoms with Crippen molar-refractivity contribution in [3.8, 4) is 0 Å². The third kappa shape index (κ3) is 3.87. The number of sulfonamides is 1. The maximum atomic E-state index is 11.6. The lowest BCUT2D eigenvalue weighted by atomic mass is 10.2. The molecule has 0 unspecified atom stereocenters. The van der Waals surface area contributed by atoms with Gasteiger partial charge in [0.15, 0.2) is 0 Å². The molecular formula is C12H20N4O2S. The summed E-state index contributed by atoms with van der Waals surface area (Å²) in [5.41, 5.74) is 0.697. The zero-order valence-corrected chi connectivity index (χ0v) is 12.0. The molecule has 0 bridgehead atoms. The zero-order chi connectivity index (χ0) is 13.7. The fraction of sp³-hybridized carbons (Fsp3) is 0.667. The summed E-state index contributed by atoms with van der Waals surface area (Å²) in [6.07, 6.45) is 8.20. The molecular weight excluding hydrogens is 264 g/mol. The van der Waals surface area contributed by atoms with Gasteiger partial charge in [-0.2, -0.15) is 4.31 Å². The van der Waals surface area contributed by atoms with E-state index in [4.69, 9.17) is 0 Å². The van der Waals surface area contributed by atoms with E-state index in [0.717, 1.165) is 13.0 Å². The van der Waals surface area contributed by atoms with Gasteiger partial charge in [-0.1, -0.05) is 37.5 Å². The second kappa shape index (κ2) is 6.29. The lowest BCUT2D eigenvalue weighted by molar-refractivity contribution is 0.449. The highest BCUT2D eigenvalue weighted by atomic mass is 32.2. The number of unbranched alkanes of at least 4 members (excludes halogenated alkanes) is 3. The number of aryl methyl sites for hydroxylation is 1. The van der Waals surface area contributed by atoms with Crippen molar-refractivity contribution in [1.29, 1.82) is 0 Å². The van der Waals surface area contributed by atoms with Crippen LogP contribution in [0, 0.1) is 0 Å². The van der Waals surface area contributed by atoms with Crippen LogP contribution in [-0.4, -0.2) is 34.3 Å². The molecule has 19 heavy (non-hydrogen) atoms. The van der Waals surface area contributed by atoms with Gasteiger partial charge in [-0.25, -0.2) is 8.42 Å². The Hall–Kier alpha value is -1.21. The molecule has 1 aromatic rings. The molecule has 0 spiro atoms. The van der Waals surface area contributed by atoms with E-state index in [-0.39, 0.29) is 0 Å². The third-order valence-corrected chi connectivity index (χ3v) is 4.64. The van der Waals surface area contributed by atoms with Crippen LogP contribution < -0.4 is 0 Å². The first-order valence-electron chi connectivity index (χ1n) is 6.67. The summed E-state index contributed by atoms with van der Waals surface area (Å²) in [5.74, 6) is 0. The standard InChI is InChI=1S/C12H20N4O2S/c1-2-3-4-5-7-15-10-12(13-14-15)11-16-8-6-9-19(16,17)18/h6,9-10H,2-5,7-8,11H2,1H3. The minimum atomic E-state index is -3.22. The van der Waals surface area contributed by atoms with Crippen LogP contribution in [0.1, 0.15) is 38.3 Å². The second-order valence-electron chi connectivity index (χ2n) is 4.74. The number of hydrogen-bond acceptors (Lipinski definition) is 4. The third-order valence-electron chi connectivity index (χ3n) is 3.10. The van der Waals surface area contributed by atoms with Crippen molar-refractivity contribution in [3.63, 3.8) is 0 Å². The summed E-state index contributed by atoms with van der Waals surface area (Å²) in [6, 6.07) is 0. The van der Waals surface area contributed by atoms with Crippen molar-refractivity contribution >= 4 is 10.0 Å². The van der Waals surface area contributed by atoms with Gasteiger partial charge in [0, 0.05) is 24.7 Å². The smallest absolute Gasteiger partial charge is 0.236 e. The molecule has 6 nitrogen and oxygen atoms in total. The first-order valence-corrected chi connectivity index (χ1v) is 8.18. The van der Waals surface area contributed by atoms with E-state index in [1.165, 1.54) is 29.0 Å². The molecule has 1 aliphatic rings. The van der Waals surface area contributed by atoms with Gasteiger partial charge < -0.3 is 0 Å². The van der Waals surface area contributed by atoms with Crippen LogP contribution in [0.5, 0.6) is 0 Å². The second-order valence-corrected chi connectivity index (χ2v) is 6.56. The van der Waals surface area contributed by atoms with Crippen LogP contribution in [0.15, 0.2) is 17.7 Å². The Labute approximate surface area is 114 Å². The quantitative estimate of drug-likeness (QED) is 0.712. The van der Waals surface area contributed by atoms with Crippen LogP contribution in [0.4, 0.5) is 0 Å². The Kier molecular flexibility index (Phi) is 4.71. The van der Waals surface area contributed by atoms with Gasteiger partial charge >= 0.3 is 0 Å². The summed E-state index contributed by atoms with van der Waals surface area (Å²) in [4.78, 5) is 0. The van der Waals surface area contributed by atoms with Crippen molar-refractivity contribution in [3.05, 3.63) is 23.4 Å². The van der Waals surface area contributed by atoms with Crippen molar-refractivity contribution in [2.75, 3.05) is 6.54 Å². The summed E-state index contributed by atoms with van der Waals surface area (Å²) in [6.45, 7) is 3.74. The highest BCUT2D eigenvalue weighted by Crippen LogP contribution is 2.14. The summed E-state index contributed by atoms with van der Waals surface area (Å²) < 4.78 is 26.4. The van der Waals surface area contributed by atoms with Crippen LogP contribution >= 0.6 is 0 Å². The molecule has 0 saturated heterocycles. The predicted molar refractivity (Wildman–Crippen MR) is 72.6 cm³/mol. The Balaban J connectivity index is 1.84. The Morgan fingerprint density at radius 1 is 1.32 bits per heavy atom. The summed E-state index contributed by atoms with van der Waals surface area (Å²) in [7, 11) is -3.22. The van der Waals surface area contributed by atoms with Crippen LogP contribution in [0.25, 0.3) is 0 Å². The first-order chi connectivity index (χ1) is 9.12. The molecule has 0 atom stereocenters. The van der Waals surface area contributed by atoms with Gasteiger partial charge in [0.1, 0.15) is 0 Å². The van der Waals surface area contributed by atoms with E-state index in [9.17, 15) is 8.42 Å². The van der Waals surface area contributed by atoms with Gasteiger partial charge in [0.2, 0.25) is 10.0 Å². The molecule has 1 aliphatic heterocycles. The average molecular weight is 284 g/mol. The van der Waals surface area contributed by atoms with Crippen LogP contribution in [0.3, 0.4) is 0 Å². The van der Waals surface area contributed by atoms with Gasteiger partial charge in [-0.3, -0.25) is 4.68 Å². The van der Waals surface area contributed by atoms with Crippen molar-refractivity contribution in [2.45, 2.75) is 45.7 Å². The normalized spacial score (nSPS) is 18.2. The molecule has 106 valence electrons.